The summed E-state index contributed by atoms with van der Waals surface area (Å²) in [5.74, 6) is 1.13. The molecule has 1 amide bonds. The normalized spacial score (nSPS) is 26.4. The maximum atomic E-state index is 12.3. The van der Waals surface area contributed by atoms with Crippen molar-refractivity contribution in [1.29, 1.82) is 0 Å². The van der Waals surface area contributed by atoms with E-state index in [1.165, 1.54) is 0 Å². The molecule has 4 nitrogen and oxygen atoms in total. The average Bonchev–Trinajstić information content (AvgIpc) is 2.26. The van der Waals surface area contributed by atoms with Crippen LogP contribution in [0.4, 0.5) is 0 Å². The highest BCUT2D eigenvalue weighted by Gasteiger charge is 2.27. The van der Waals surface area contributed by atoms with Crippen molar-refractivity contribution in [3.8, 4) is 0 Å². The van der Waals surface area contributed by atoms with E-state index in [2.05, 4.69) is 13.8 Å². The molecule has 1 aliphatic rings. The zero-order valence-corrected chi connectivity index (χ0v) is 12.2. The molecule has 1 aliphatic heterocycles. The number of hydrogen-bond acceptors (Lipinski definition) is 3. The molecule has 0 aromatic rings. The Kier molecular flexibility index (Phi) is 6.09. The topological polar surface area (TPSA) is 55.6 Å². The third-order valence-electron chi connectivity index (χ3n) is 3.37. The van der Waals surface area contributed by atoms with Crippen LogP contribution in [0.5, 0.6) is 0 Å². The van der Waals surface area contributed by atoms with E-state index in [0.717, 1.165) is 6.42 Å². The highest BCUT2D eigenvalue weighted by atomic mass is 16.5. The Hall–Kier alpha value is -0.610. The number of carbonyl (C=O) groups is 1. The number of nitrogens with zero attached hydrogens (tertiary/aromatic N) is 1. The molecule has 0 bridgehead atoms. The maximum Gasteiger partial charge on any atom is 0.223 e. The molecule has 0 saturated carbocycles. The van der Waals surface area contributed by atoms with Crippen LogP contribution in [0.1, 0.15) is 40.5 Å². The SMILES string of the molecule is CC(C)C[C@H](CN)CC(=O)N1CC(C)OC(C)C1. The lowest BCUT2D eigenvalue weighted by Gasteiger charge is -2.36. The minimum absolute atomic E-state index is 0.138. The summed E-state index contributed by atoms with van der Waals surface area (Å²) in [6.07, 6.45) is 1.88. The van der Waals surface area contributed by atoms with Crippen LogP contribution in [0.15, 0.2) is 0 Å². The average molecular weight is 256 g/mol. The summed E-state index contributed by atoms with van der Waals surface area (Å²) in [6.45, 7) is 10.4. The molecule has 0 radical (unpaired) electrons. The Morgan fingerprint density at radius 1 is 1.33 bits per heavy atom. The van der Waals surface area contributed by atoms with Crippen LogP contribution < -0.4 is 5.73 Å². The predicted molar refractivity (Wildman–Crippen MR) is 73.2 cm³/mol. The largest absolute Gasteiger partial charge is 0.372 e. The molecule has 2 unspecified atom stereocenters. The van der Waals surface area contributed by atoms with Gasteiger partial charge in [-0.25, -0.2) is 0 Å². The van der Waals surface area contributed by atoms with E-state index in [9.17, 15) is 4.79 Å². The van der Waals surface area contributed by atoms with E-state index in [1.807, 2.05) is 18.7 Å². The first kappa shape index (κ1) is 15.4. The molecule has 0 spiro atoms. The molecular weight excluding hydrogens is 228 g/mol. The molecule has 4 heteroatoms. The zero-order chi connectivity index (χ0) is 13.7. The number of hydrogen-bond donors (Lipinski definition) is 1. The molecule has 0 aliphatic carbocycles. The van der Waals surface area contributed by atoms with Crippen LogP contribution in [0.25, 0.3) is 0 Å². The fourth-order valence-electron chi connectivity index (χ4n) is 2.69. The summed E-state index contributed by atoms with van der Waals surface area (Å²) in [7, 11) is 0. The van der Waals surface area contributed by atoms with Gasteiger partial charge in [0.05, 0.1) is 12.2 Å². The van der Waals surface area contributed by atoms with Gasteiger partial charge >= 0.3 is 0 Å². The van der Waals surface area contributed by atoms with Crippen LogP contribution in [0.2, 0.25) is 0 Å². The van der Waals surface area contributed by atoms with Gasteiger partial charge in [-0.3, -0.25) is 4.79 Å². The van der Waals surface area contributed by atoms with Crippen LogP contribution in [-0.4, -0.2) is 42.6 Å². The van der Waals surface area contributed by atoms with Gasteiger partial charge in [0.15, 0.2) is 0 Å². The lowest BCUT2D eigenvalue weighted by Crippen LogP contribution is -2.48. The third kappa shape index (κ3) is 4.94. The van der Waals surface area contributed by atoms with Gasteiger partial charge in [0, 0.05) is 19.5 Å². The van der Waals surface area contributed by atoms with Crippen molar-refractivity contribution in [2.45, 2.75) is 52.7 Å². The highest BCUT2D eigenvalue weighted by Crippen LogP contribution is 2.18. The number of morpholine rings is 1. The fourth-order valence-corrected chi connectivity index (χ4v) is 2.69. The maximum absolute atomic E-state index is 12.3. The fraction of sp³-hybridized carbons (Fsp3) is 0.929. The van der Waals surface area contributed by atoms with Crippen molar-refractivity contribution in [2.75, 3.05) is 19.6 Å². The molecule has 1 fully saturated rings. The van der Waals surface area contributed by atoms with E-state index in [4.69, 9.17) is 10.5 Å². The summed E-state index contributed by atoms with van der Waals surface area (Å²) < 4.78 is 5.64. The van der Waals surface area contributed by atoms with Crippen LogP contribution in [-0.2, 0) is 9.53 Å². The molecule has 1 heterocycles. The van der Waals surface area contributed by atoms with Crippen molar-refractivity contribution < 1.29 is 9.53 Å². The molecule has 18 heavy (non-hydrogen) atoms. The summed E-state index contributed by atoms with van der Waals surface area (Å²) in [4.78, 5) is 14.2. The monoisotopic (exact) mass is 256 g/mol. The first-order valence-electron chi connectivity index (χ1n) is 7.05. The molecule has 3 atom stereocenters. The number of nitrogens with two attached hydrogens (primary N) is 1. The summed E-state index contributed by atoms with van der Waals surface area (Å²) in [5, 5.41) is 0. The Bertz CT molecular complexity index is 259. The Balaban J connectivity index is 2.47. The van der Waals surface area contributed by atoms with Crippen molar-refractivity contribution in [3.05, 3.63) is 0 Å². The van der Waals surface area contributed by atoms with Gasteiger partial charge in [-0.1, -0.05) is 13.8 Å². The second kappa shape index (κ2) is 7.10. The molecule has 0 aromatic heterocycles. The van der Waals surface area contributed by atoms with Gasteiger partial charge < -0.3 is 15.4 Å². The zero-order valence-electron chi connectivity index (χ0n) is 12.2. The first-order valence-corrected chi connectivity index (χ1v) is 7.05. The number of rotatable bonds is 5. The minimum Gasteiger partial charge on any atom is -0.372 e. The Labute approximate surface area is 111 Å². The number of carbonyl (C=O) groups excluding carboxylic acids is 1. The quantitative estimate of drug-likeness (QED) is 0.813. The van der Waals surface area contributed by atoms with E-state index in [-0.39, 0.29) is 18.1 Å². The molecule has 0 aromatic carbocycles. The number of ether oxygens (including phenoxy) is 1. The van der Waals surface area contributed by atoms with Crippen molar-refractivity contribution in [3.63, 3.8) is 0 Å². The van der Waals surface area contributed by atoms with Gasteiger partial charge in [0.2, 0.25) is 5.91 Å². The molecular formula is C14H28N2O2. The second-order valence-electron chi connectivity index (χ2n) is 5.99. The third-order valence-corrected chi connectivity index (χ3v) is 3.37. The smallest absolute Gasteiger partial charge is 0.223 e. The molecule has 1 rings (SSSR count). The molecule has 106 valence electrons. The van der Waals surface area contributed by atoms with Crippen LogP contribution in [0, 0.1) is 11.8 Å². The highest BCUT2D eigenvalue weighted by molar-refractivity contribution is 5.76. The van der Waals surface area contributed by atoms with Gasteiger partial charge in [-0.15, -0.1) is 0 Å². The molecule has 2 N–H and O–H groups in total. The first-order chi connectivity index (χ1) is 8.42. The summed E-state index contributed by atoms with van der Waals surface area (Å²) in [6, 6.07) is 0. The lowest BCUT2D eigenvalue weighted by molar-refractivity contribution is -0.144. The van der Waals surface area contributed by atoms with Crippen LogP contribution >= 0.6 is 0 Å². The Morgan fingerprint density at radius 2 is 1.89 bits per heavy atom. The standard InChI is InChI=1S/C14H28N2O2/c1-10(2)5-13(7-15)6-14(17)16-8-11(3)18-12(4)9-16/h10-13H,5-9,15H2,1-4H3/t11?,12?,13-/m0/s1. The lowest BCUT2D eigenvalue weighted by atomic mass is 9.93. The van der Waals surface area contributed by atoms with Crippen molar-refractivity contribution >= 4 is 5.91 Å². The van der Waals surface area contributed by atoms with Gasteiger partial charge in [-0.05, 0) is 38.6 Å². The minimum atomic E-state index is 0.138. The summed E-state index contributed by atoms with van der Waals surface area (Å²) in [5.41, 5.74) is 5.76. The second-order valence-corrected chi connectivity index (χ2v) is 5.99. The van der Waals surface area contributed by atoms with Crippen molar-refractivity contribution in [2.24, 2.45) is 17.6 Å². The van der Waals surface area contributed by atoms with Gasteiger partial charge in [0.25, 0.3) is 0 Å². The Morgan fingerprint density at radius 3 is 2.33 bits per heavy atom. The van der Waals surface area contributed by atoms with E-state index in [0.29, 0.717) is 37.9 Å². The van der Waals surface area contributed by atoms with E-state index in [1.54, 1.807) is 0 Å². The summed E-state index contributed by atoms with van der Waals surface area (Å²) >= 11 is 0. The van der Waals surface area contributed by atoms with Gasteiger partial charge in [0.1, 0.15) is 0 Å². The van der Waals surface area contributed by atoms with E-state index >= 15 is 0 Å². The number of amides is 1. The van der Waals surface area contributed by atoms with Gasteiger partial charge in [-0.2, -0.15) is 0 Å². The predicted octanol–water partition coefficient (Wildman–Crippen LogP) is 1.63. The van der Waals surface area contributed by atoms with Crippen molar-refractivity contribution in [1.82, 2.24) is 4.90 Å². The molecule has 1 saturated heterocycles. The van der Waals surface area contributed by atoms with Crippen LogP contribution in [0.3, 0.4) is 0 Å². The van der Waals surface area contributed by atoms with E-state index < -0.39 is 0 Å².